The first-order chi connectivity index (χ1) is 10.1. The van der Waals surface area contributed by atoms with E-state index in [2.05, 4.69) is 59.1 Å². The summed E-state index contributed by atoms with van der Waals surface area (Å²) in [5.74, 6) is 6.61. The Kier molecular flexibility index (Phi) is 5.60. The summed E-state index contributed by atoms with van der Waals surface area (Å²) in [6.45, 7) is 5.05. The molecule has 3 N–H and O–H groups in total. The van der Waals surface area contributed by atoms with Crippen molar-refractivity contribution in [2.24, 2.45) is 5.84 Å². The van der Waals surface area contributed by atoms with Gasteiger partial charge < -0.3 is 4.74 Å². The Hall–Kier alpha value is -1.12. The number of aromatic nitrogens is 2. The topological polar surface area (TPSA) is 65.1 Å². The van der Waals surface area contributed by atoms with Crippen LogP contribution in [0.4, 0.5) is 0 Å². The smallest absolute Gasteiger partial charge is 0.161 e. The molecule has 2 aromatic rings. The number of nitrogens with one attached hydrogen (secondary N) is 1. The molecule has 0 aliphatic rings. The molecule has 0 radical (unpaired) electrons. The predicted octanol–water partition coefficient (Wildman–Crippen LogP) is 2.77. The summed E-state index contributed by atoms with van der Waals surface area (Å²) < 4.78 is 8.62. The second-order valence-electron chi connectivity index (χ2n) is 4.90. The molecule has 0 saturated carbocycles. The fourth-order valence-corrected chi connectivity index (χ4v) is 3.10. The number of methoxy groups -OCH3 is 1. The van der Waals surface area contributed by atoms with E-state index in [1.165, 1.54) is 9.13 Å². The Morgan fingerprint density at radius 3 is 2.86 bits per heavy atom. The van der Waals surface area contributed by atoms with Crippen molar-refractivity contribution < 1.29 is 4.74 Å². The maximum atomic E-state index is 5.85. The van der Waals surface area contributed by atoms with Gasteiger partial charge in [0.25, 0.3) is 0 Å². The molecule has 0 aliphatic carbocycles. The maximum Gasteiger partial charge on any atom is 0.161 e. The number of hydrogen-bond donors (Lipinski definition) is 2. The number of hydrogen-bond acceptors (Lipinski definition) is 4. The van der Waals surface area contributed by atoms with Crippen LogP contribution in [-0.4, -0.2) is 16.9 Å². The van der Waals surface area contributed by atoms with E-state index >= 15 is 0 Å². The summed E-state index contributed by atoms with van der Waals surface area (Å²) >= 11 is 2.36. The van der Waals surface area contributed by atoms with E-state index in [4.69, 9.17) is 10.6 Å². The normalized spacial score (nSPS) is 12.4. The zero-order valence-corrected chi connectivity index (χ0v) is 14.7. The fourth-order valence-electron chi connectivity index (χ4n) is 2.43. The summed E-state index contributed by atoms with van der Waals surface area (Å²) in [5.41, 5.74) is 6.24. The minimum atomic E-state index is -0.152. The molecule has 0 fully saturated rings. The number of aryl methyl sites for hydroxylation is 2. The molecular weight excluding hydrogens is 379 g/mol. The van der Waals surface area contributed by atoms with Crippen molar-refractivity contribution in [1.29, 1.82) is 0 Å². The number of nitrogens with two attached hydrogens (primary N) is 1. The lowest BCUT2D eigenvalue weighted by Crippen LogP contribution is -2.31. The molecule has 0 saturated heterocycles. The van der Waals surface area contributed by atoms with E-state index in [1.54, 1.807) is 13.3 Å². The number of hydrazine groups is 1. The predicted molar refractivity (Wildman–Crippen MR) is 92.1 cm³/mol. The summed E-state index contributed by atoms with van der Waals surface area (Å²) in [6, 6.07) is 6.08. The highest BCUT2D eigenvalue weighted by molar-refractivity contribution is 14.1. The van der Waals surface area contributed by atoms with Crippen LogP contribution in [0.5, 0.6) is 5.75 Å². The van der Waals surface area contributed by atoms with Gasteiger partial charge in [-0.1, -0.05) is 25.1 Å². The van der Waals surface area contributed by atoms with Crippen LogP contribution in [0.25, 0.3) is 0 Å². The molecule has 0 spiro atoms. The van der Waals surface area contributed by atoms with Crippen LogP contribution >= 0.6 is 22.6 Å². The van der Waals surface area contributed by atoms with Gasteiger partial charge in [0.05, 0.1) is 19.3 Å². The minimum Gasteiger partial charge on any atom is -0.493 e. The second kappa shape index (κ2) is 7.24. The van der Waals surface area contributed by atoms with E-state index < -0.39 is 0 Å². The summed E-state index contributed by atoms with van der Waals surface area (Å²) in [6.07, 6.45) is 2.75. The van der Waals surface area contributed by atoms with Crippen molar-refractivity contribution in [2.75, 3.05) is 7.11 Å². The van der Waals surface area contributed by atoms with Gasteiger partial charge in [0.2, 0.25) is 0 Å². The molecule has 1 aromatic carbocycles. The van der Waals surface area contributed by atoms with Crippen LogP contribution in [-0.2, 0) is 6.54 Å². The van der Waals surface area contributed by atoms with E-state index in [0.29, 0.717) is 0 Å². The zero-order valence-electron chi connectivity index (χ0n) is 12.6. The fraction of sp³-hybridized carbons (Fsp3) is 0.400. The average molecular weight is 400 g/mol. The van der Waals surface area contributed by atoms with Gasteiger partial charge in [0, 0.05) is 10.1 Å². The molecule has 1 atom stereocenters. The molecular formula is C15H21IN4O. The molecule has 1 aromatic heterocycles. The molecule has 2 rings (SSSR count). The van der Waals surface area contributed by atoms with E-state index in [1.807, 2.05) is 10.7 Å². The van der Waals surface area contributed by atoms with Crippen molar-refractivity contribution in [2.45, 2.75) is 32.9 Å². The van der Waals surface area contributed by atoms with E-state index in [-0.39, 0.29) is 6.04 Å². The largest absolute Gasteiger partial charge is 0.493 e. The quantitative estimate of drug-likeness (QED) is 0.445. The first-order valence-electron chi connectivity index (χ1n) is 6.94. The molecule has 0 amide bonds. The first kappa shape index (κ1) is 16.3. The SMILES string of the molecule is CCCn1ncc(OC)c1C(NN)c1cccc(C)c1I. The Labute approximate surface area is 139 Å². The molecule has 0 bridgehead atoms. The van der Waals surface area contributed by atoms with Gasteiger partial charge in [-0.3, -0.25) is 10.5 Å². The van der Waals surface area contributed by atoms with Crippen molar-refractivity contribution >= 4 is 22.6 Å². The van der Waals surface area contributed by atoms with E-state index in [9.17, 15) is 0 Å². The third-order valence-electron chi connectivity index (χ3n) is 3.47. The molecule has 0 aliphatic heterocycles. The third-order valence-corrected chi connectivity index (χ3v) is 4.95. The Bertz CT molecular complexity index is 612. The highest BCUT2D eigenvalue weighted by Gasteiger charge is 2.24. The Balaban J connectivity index is 2.55. The third kappa shape index (κ3) is 3.22. The minimum absolute atomic E-state index is 0.152. The number of ether oxygens (including phenoxy) is 1. The van der Waals surface area contributed by atoms with Gasteiger partial charge in [-0.2, -0.15) is 5.10 Å². The van der Waals surface area contributed by atoms with Crippen LogP contribution < -0.4 is 16.0 Å². The Morgan fingerprint density at radius 1 is 1.48 bits per heavy atom. The van der Waals surface area contributed by atoms with Crippen LogP contribution in [0.2, 0.25) is 0 Å². The second-order valence-corrected chi connectivity index (χ2v) is 5.98. The molecule has 21 heavy (non-hydrogen) atoms. The van der Waals surface area contributed by atoms with Crippen molar-refractivity contribution in [1.82, 2.24) is 15.2 Å². The highest BCUT2D eigenvalue weighted by atomic mass is 127. The van der Waals surface area contributed by atoms with Crippen molar-refractivity contribution in [3.8, 4) is 5.75 Å². The van der Waals surface area contributed by atoms with E-state index in [0.717, 1.165) is 30.0 Å². The van der Waals surface area contributed by atoms with Crippen LogP contribution in [0.3, 0.4) is 0 Å². The maximum absolute atomic E-state index is 5.85. The van der Waals surface area contributed by atoms with Crippen LogP contribution in [0.15, 0.2) is 24.4 Å². The van der Waals surface area contributed by atoms with Gasteiger partial charge in [-0.15, -0.1) is 0 Å². The van der Waals surface area contributed by atoms with Crippen LogP contribution in [0, 0.1) is 10.5 Å². The lowest BCUT2D eigenvalue weighted by Gasteiger charge is -2.21. The monoisotopic (exact) mass is 400 g/mol. The summed E-state index contributed by atoms with van der Waals surface area (Å²) in [7, 11) is 1.66. The zero-order chi connectivity index (χ0) is 15.4. The lowest BCUT2D eigenvalue weighted by molar-refractivity contribution is 0.398. The van der Waals surface area contributed by atoms with Gasteiger partial charge in [-0.25, -0.2) is 5.43 Å². The molecule has 5 nitrogen and oxygen atoms in total. The number of nitrogens with zero attached hydrogens (tertiary/aromatic N) is 2. The van der Waals surface area contributed by atoms with Crippen LogP contribution in [0.1, 0.15) is 36.2 Å². The lowest BCUT2D eigenvalue weighted by atomic mass is 10.0. The van der Waals surface area contributed by atoms with Gasteiger partial charge in [0.1, 0.15) is 5.69 Å². The van der Waals surface area contributed by atoms with Gasteiger partial charge in [0.15, 0.2) is 5.75 Å². The first-order valence-corrected chi connectivity index (χ1v) is 8.02. The number of halogens is 1. The standard InChI is InChI=1S/C15H21IN4O/c1-4-8-20-15(12(21-3)9-18-20)14(19-17)11-7-5-6-10(2)13(11)16/h5-7,9,14,19H,4,8,17H2,1-3H3. The van der Waals surface area contributed by atoms with Gasteiger partial charge in [-0.05, 0) is 47.1 Å². The molecule has 114 valence electrons. The molecule has 1 heterocycles. The summed E-state index contributed by atoms with van der Waals surface area (Å²) in [5, 5.41) is 4.42. The number of rotatable bonds is 6. The highest BCUT2D eigenvalue weighted by Crippen LogP contribution is 2.32. The van der Waals surface area contributed by atoms with Crippen molar-refractivity contribution in [3.05, 3.63) is 44.8 Å². The molecule has 1 unspecified atom stereocenters. The average Bonchev–Trinajstić information content (AvgIpc) is 2.88. The molecule has 6 heteroatoms. The number of benzene rings is 1. The van der Waals surface area contributed by atoms with Gasteiger partial charge >= 0.3 is 0 Å². The van der Waals surface area contributed by atoms with Crippen molar-refractivity contribution in [3.63, 3.8) is 0 Å². The summed E-state index contributed by atoms with van der Waals surface area (Å²) in [4.78, 5) is 0. The Morgan fingerprint density at radius 2 is 2.24 bits per heavy atom.